The second-order valence-corrected chi connectivity index (χ2v) is 3.92. The number of carbonyl (C=O) groups excluding carboxylic acids is 2. The van der Waals surface area contributed by atoms with Crippen molar-refractivity contribution in [3.8, 4) is 0 Å². The number of benzene rings is 1. The number of halogens is 1. The summed E-state index contributed by atoms with van der Waals surface area (Å²) in [7, 11) is 1.29. The molecule has 0 aliphatic carbocycles. The zero-order valence-corrected chi connectivity index (χ0v) is 10.3. The first-order valence-electron chi connectivity index (χ1n) is 4.57. The van der Waals surface area contributed by atoms with Crippen LogP contribution in [-0.4, -0.2) is 24.6 Å². The van der Waals surface area contributed by atoms with E-state index in [0.29, 0.717) is 16.1 Å². The van der Waals surface area contributed by atoms with Crippen LogP contribution in [0.3, 0.4) is 0 Å². The van der Waals surface area contributed by atoms with E-state index in [1.165, 1.54) is 7.11 Å². The summed E-state index contributed by atoms with van der Waals surface area (Å²) in [5, 5.41) is 0.481. The molecule has 86 valence electrons. The van der Waals surface area contributed by atoms with Crippen molar-refractivity contribution < 1.29 is 14.3 Å². The number of carbonyl (C=O) groups is 2. The van der Waals surface area contributed by atoms with E-state index in [2.05, 4.69) is 17.4 Å². The fourth-order valence-corrected chi connectivity index (χ4v) is 1.59. The molecule has 0 heterocycles. The van der Waals surface area contributed by atoms with E-state index in [1.807, 2.05) is 0 Å². The minimum absolute atomic E-state index is 0.0734. The van der Waals surface area contributed by atoms with E-state index in [0.717, 1.165) is 0 Å². The summed E-state index contributed by atoms with van der Waals surface area (Å²) in [5.74, 6) is -0.415. The molecule has 0 aliphatic heterocycles. The molecule has 0 amide bonds. The molecule has 1 aromatic carbocycles. The number of hydrogen-bond acceptors (Lipinski definition) is 4. The summed E-state index contributed by atoms with van der Waals surface area (Å²) in [6.45, 7) is 0. The van der Waals surface area contributed by atoms with Crippen LogP contribution in [0, 0.1) is 0 Å². The third-order valence-electron chi connectivity index (χ3n) is 2.04. The summed E-state index contributed by atoms with van der Waals surface area (Å²) < 4.78 is 4.62. The molecule has 3 nitrogen and oxygen atoms in total. The minimum atomic E-state index is -0.473. The van der Waals surface area contributed by atoms with Crippen molar-refractivity contribution >= 4 is 36.0 Å². The maximum Gasteiger partial charge on any atom is 0.338 e. The van der Waals surface area contributed by atoms with Crippen molar-refractivity contribution in [3.63, 3.8) is 0 Å². The van der Waals surface area contributed by atoms with Crippen LogP contribution >= 0.6 is 24.2 Å². The molecule has 1 aromatic rings. The molecule has 0 radical (unpaired) electrons. The lowest BCUT2D eigenvalue weighted by molar-refractivity contribution is -0.115. The van der Waals surface area contributed by atoms with Crippen LogP contribution in [-0.2, 0) is 16.0 Å². The molecule has 0 atom stereocenters. The van der Waals surface area contributed by atoms with E-state index in [4.69, 9.17) is 11.6 Å². The highest BCUT2D eigenvalue weighted by Gasteiger charge is 2.14. The molecule has 0 bridgehead atoms. The normalized spacial score (nSPS) is 9.94. The zero-order chi connectivity index (χ0) is 12.1. The second kappa shape index (κ2) is 5.92. The Bertz CT molecular complexity index is 418. The van der Waals surface area contributed by atoms with Gasteiger partial charge in [-0.15, -0.1) is 0 Å². The van der Waals surface area contributed by atoms with Gasteiger partial charge in [-0.25, -0.2) is 4.79 Å². The first-order chi connectivity index (χ1) is 7.58. The van der Waals surface area contributed by atoms with Crippen molar-refractivity contribution in [2.75, 3.05) is 12.9 Å². The molecule has 0 saturated heterocycles. The van der Waals surface area contributed by atoms with E-state index in [9.17, 15) is 9.59 Å². The van der Waals surface area contributed by atoms with E-state index in [1.54, 1.807) is 18.2 Å². The molecular formula is C11H11ClO3S. The highest BCUT2D eigenvalue weighted by atomic mass is 35.5. The zero-order valence-electron chi connectivity index (χ0n) is 8.70. The number of ether oxygens (including phenoxy) is 1. The van der Waals surface area contributed by atoms with E-state index >= 15 is 0 Å². The minimum Gasteiger partial charge on any atom is -0.465 e. The van der Waals surface area contributed by atoms with Crippen LogP contribution < -0.4 is 0 Å². The van der Waals surface area contributed by atoms with Crippen molar-refractivity contribution in [3.05, 3.63) is 34.3 Å². The smallest absolute Gasteiger partial charge is 0.338 e. The first-order valence-corrected chi connectivity index (χ1v) is 5.58. The van der Waals surface area contributed by atoms with Gasteiger partial charge in [-0.3, -0.25) is 4.79 Å². The predicted octanol–water partition coefficient (Wildman–Crippen LogP) is 2.17. The molecule has 0 aromatic heterocycles. The van der Waals surface area contributed by atoms with Gasteiger partial charge in [0.2, 0.25) is 0 Å². The number of ketones is 1. The van der Waals surface area contributed by atoms with Gasteiger partial charge in [0.1, 0.15) is 5.78 Å². The van der Waals surface area contributed by atoms with Gasteiger partial charge in [0.15, 0.2) is 0 Å². The van der Waals surface area contributed by atoms with Crippen LogP contribution in [0.2, 0.25) is 5.02 Å². The van der Waals surface area contributed by atoms with Crippen LogP contribution in [0.25, 0.3) is 0 Å². The number of esters is 1. The number of Topliss-reactive ketones (excluding diaryl/α,β-unsaturated/α-hetero) is 1. The van der Waals surface area contributed by atoms with Crippen LogP contribution in [0.1, 0.15) is 15.9 Å². The lowest BCUT2D eigenvalue weighted by Crippen LogP contribution is -2.11. The lowest BCUT2D eigenvalue weighted by atomic mass is 10.0. The fraction of sp³-hybridized carbons (Fsp3) is 0.273. The van der Waals surface area contributed by atoms with Gasteiger partial charge in [0, 0.05) is 17.2 Å². The fourth-order valence-electron chi connectivity index (χ4n) is 1.29. The number of hydrogen-bond donors (Lipinski definition) is 1. The quantitative estimate of drug-likeness (QED) is 0.665. The molecule has 0 fully saturated rings. The Balaban J connectivity index is 3.08. The Morgan fingerprint density at radius 2 is 2.12 bits per heavy atom. The topological polar surface area (TPSA) is 43.4 Å². The molecule has 0 unspecified atom stereocenters. The molecule has 0 spiro atoms. The number of thiol groups is 1. The van der Waals surface area contributed by atoms with Crippen LogP contribution in [0.4, 0.5) is 0 Å². The Kier molecular flexibility index (Phi) is 4.83. The largest absolute Gasteiger partial charge is 0.465 e. The van der Waals surface area contributed by atoms with E-state index < -0.39 is 5.97 Å². The summed E-state index contributed by atoms with van der Waals surface area (Å²) in [6, 6.07) is 4.73. The molecule has 16 heavy (non-hydrogen) atoms. The van der Waals surface area contributed by atoms with Gasteiger partial charge >= 0.3 is 5.97 Å². The van der Waals surface area contributed by atoms with Crippen LogP contribution in [0.5, 0.6) is 0 Å². The van der Waals surface area contributed by atoms with Gasteiger partial charge in [0.05, 0.1) is 12.7 Å². The number of methoxy groups -OCH3 is 1. The van der Waals surface area contributed by atoms with Crippen molar-refractivity contribution in [2.24, 2.45) is 0 Å². The average molecular weight is 259 g/mol. The number of rotatable bonds is 4. The SMILES string of the molecule is COC(=O)c1ccc(Cl)cc1CC(=O)CS. The van der Waals surface area contributed by atoms with Gasteiger partial charge in [0.25, 0.3) is 0 Å². The molecule has 1 rings (SSSR count). The van der Waals surface area contributed by atoms with Gasteiger partial charge in [-0.05, 0) is 23.8 Å². The third kappa shape index (κ3) is 3.25. The second-order valence-electron chi connectivity index (χ2n) is 3.17. The third-order valence-corrected chi connectivity index (χ3v) is 2.62. The predicted molar refractivity (Wildman–Crippen MR) is 65.4 cm³/mol. The molecule has 0 aliphatic rings. The summed E-state index contributed by atoms with van der Waals surface area (Å²) in [6.07, 6.45) is 0.133. The lowest BCUT2D eigenvalue weighted by Gasteiger charge is -2.07. The Morgan fingerprint density at radius 1 is 1.44 bits per heavy atom. The average Bonchev–Trinajstić information content (AvgIpc) is 2.28. The molecular weight excluding hydrogens is 248 g/mol. The monoisotopic (exact) mass is 258 g/mol. The van der Waals surface area contributed by atoms with Gasteiger partial charge in [-0.2, -0.15) is 12.6 Å². The maximum absolute atomic E-state index is 11.4. The Hall–Kier alpha value is -1.000. The maximum atomic E-state index is 11.4. The van der Waals surface area contributed by atoms with Gasteiger partial charge in [-0.1, -0.05) is 11.6 Å². The summed E-state index contributed by atoms with van der Waals surface area (Å²) in [5.41, 5.74) is 0.931. The van der Waals surface area contributed by atoms with Crippen LogP contribution in [0.15, 0.2) is 18.2 Å². The van der Waals surface area contributed by atoms with E-state index in [-0.39, 0.29) is 18.0 Å². The van der Waals surface area contributed by atoms with Crippen molar-refractivity contribution in [1.82, 2.24) is 0 Å². The Labute approximate surface area is 104 Å². The molecule has 0 saturated carbocycles. The standard InChI is InChI=1S/C11H11ClO3S/c1-15-11(14)10-3-2-8(12)4-7(10)5-9(13)6-16/h2-4,16H,5-6H2,1H3. The Morgan fingerprint density at radius 3 is 2.69 bits per heavy atom. The van der Waals surface area contributed by atoms with Crippen molar-refractivity contribution in [2.45, 2.75) is 6.42 Å². The van der Waals surface area contributed by atoms with Gasteiger partial charge < -0.3 is 4.74 Å². The molecule has 0 N–H and O–H groups in total. The highest BCUT2D eigenvalue weighted by molar-refractivity contribution is 7.81. The first kappa shape index (κ1) is 13.1. The molecule has 5 heteroatoms. The van der Waals surface area contributed by atoms with Crippen molar-refractivity contribution in [1.29, 1.82) is 0 Å². The summed E-state index contributed by atoms with van der Waals surface area (Å²) >= 11 is 9.69. The summed E-state index contributed by atoms with van der Waals surface area (Å²) in [4.78, 5) is 22.7. The highest BCUT2D eigenvalue weighted by Crippen LogP contribution is 2.18.